The maximum absolute atomic E-state index is 9.97. The average Bonchev–Trinajstić information content (AvgIpc) is 2.94. The molecule has 2 aromatic rings. The van der Waals surface area contributed by atoms with Gasteiger partial charge >= 0.3 is 0 Å². The molecule has 8 nitrogen and oxygen atoms in total. The van der Waals surface area contributed by atoms with Crippen molar-refractivity contribution in [3.8, 4) is 5.88 Å². The van der Waals surface area contributed by atoms with Gasteiger partial charge in [-0.2, -0.15) is 4.98 Å². The summed E-state index contributed by atoms with van der Waals surface area (Å²) in [6, 6.07) is 0. The SMILES string of the molecule is Oc1ncnc2c1ncn2[C@@H]1O[C@H](CCl)C(O)C1O. The fraction of sp³-hybridized carbons (Fsp3) is 0.500. The fourth-order valence-corrected chi connectivity index (χ4v) is 2.37. The van der Waals surface area contributed by atoms with E-state index in [1.165, 1.54) is 17.2 Å². The topological polar surface area (TPSA) is 114 Å². The third kappa shape index (κ3) is 1.84. The van der Waals surface area contributed by atoms with Gasteiger partial charge in [0.2, 0.25) is 5.88 Å². The number of aromatic hydroxyl groups is 1. The number of aliphatic hydroxyl groups is 2. The first-order chi connectivity index (χ1) is 9.13. The van der Waals surface area contributed by atoms with Crippen LogP contribution < -0.4 is 0 Å². The number of hydrogen-bond donors (Lipinski definition) is 3. The second-order valence-electron chi connectivity index (χ2n) is 4.22. The zero-order valence-corrected chi connectivity index (χ0v) is 10.3. The van der Waals surface area contributed by atoms with E-state index in [0.29, 0.717) is 5.65 Å². The first-order valence-electron chi connectivity index (χ1n) is 5.57. The summed E-state index contributed by atoms with van der Waals surface area (Å²) in [6.07, 6.45) is -1.25. The summed E-state index contributed by atoms with van der Waals surface area (Å²) in [5.41, 5.74) is 0.501. The van der Waals surface area contributed by atoms with Gasteiger partial charge in [-0.05, 0) is 0 Å². The quantitative estimate of drug-likeness (QED) is 0.631. The predicted molar refractivity (Wildman–Crippen MR) is 63.6 cm³/mol. The molecule has 4 atom stereocenters. The zero-order valence-electron chi connectivity index (χ0n) is 9.59. The Kier molecular flexibility index (Phi) is 3.02. The van der Waals surface area contributed by atoms with Gasteiger partial charge in [-0.3, -0.25) is 4.57 Å². The van der Waals surface area contributed by atoms with Crippen LogP contribution in [0.25, 0.3) is 11.2 Å². The minimum Gasteiger partial charge on any atom is -0.492 e. The van der Waals surface area contributed by atoms with Gasteiger partial charge in [0, 0.05) is 0 Å². The molecule has 3 N–H and O–H groups in total. The smallest absolute Gasteiger partial charge is 0.242 e. The van der Waals surface area contributed by atoms with Crippen LogP contribution in [0.5, 0.6) is 5.88 Å². The molecule has 0 spiro atoms. The lowest BCUT2D eigenvalue weighted by Gasteiger charge is -2.16. The highest BCUT2D eigenvalue weighted by Crippen LogP contribution is 2.32. The molecule has 0 bridgehead atoms. The monoisotopic (exact) mass is 286 g/mol. The minimum absolute atomic E-state index is 0.0571. The van der Waals surface area contributed by atoms with Gasteiger partial charge in [-0.1, -0.05) is 0 Å². The Hall–Kier alpha value is -1.48. The number of imidazole rings is 1. The summed E-state index contributed by atoms with van der Waals surface area (Å²) in [7, 11) is 0. The molecular weight excluding hydrogens is 276 g/mol. The number of rotatable bonds is 2. The van der Waals surface area contributed by atoms with Crippen LogP contribution in [0.1, 0.15) is 6.23 Å². The molecule has 19 heavy (non-hydrogen) atoms. The summed E-state index contributed by atoms with van der Waals surface area (Å²) in [5.74, 6) is -0.201. The Balaban J connectivity index is 2.04. The molecule has 0 aliphatic carbocycles. The average molecular weight is 287 g/mol. The van der Waals surface area contributed by atoms with Crippen molar-refractivity contribution in [3.05, 3.63) is 12.7 Å². The molecule has 1 aliphatic heterocycles. The lowest BCUT2D eigenvalue weighted by Crippen LogP contribution is -2.32. The summed E-state index contributed by atoms with van der Waals surface area (Å²) in [4.78, 5) is 11.5. The second-order valence-corrected chi connectivity index (χ2v) is 4.53. The molecule has 0 radical (unpaired) electrons. The molecule has 102 valence electrons. The summed E-state index contributed by atoms with van der Waals surface area (Å²) in [6.45, 7) is 0. The van der Waals surface area contributed by atoms with Crippen LogP contribution in [-0.4, -0.2) is 59.0 Å². The van der Waals surface area contributed by atoms with Crippen LogP contribution in [0.15, 0.2) is 12.7 Å². The van der Waals surface area contributed by atoms with Crippen molar-refractivity contribution in [2.24, 2.45) is 0 Å². The van der Waals surface area contributed by atoms with Gasteiger partial charge in [-0.15, -0.1) is 11.6 Å². The van der Waals surface area contributed by atoms with Crippen LogP contribution in [0.4, 0.5) is 0 Å². The highest BCUT2D eigenvalue weighted by Gasteiger charge is 2.43. The number of ether oxygens (including phenoxy) is 1. The predicted octanol–water partition coefficient (Wildman–Crippen LogP) is -0.610. The van der Waals surface area contributed by atoms with Crippen molar-refractivity contribution in [1.29, 1.82) is 0 Å². The first kappa shape index (κ1) is 12.5. The van der Waals surface area contributed by atoms with Crippen LogP contribution in [0.3, 0.4) is 0 Å². The maximum Gasteiger partial charge on any atom is 0.242 e. The molecule has 1 aliphatic rings. The Bertz CT molecular complexity index is 606. The van der Waals surface area contributed by atoms with Crippen molar-refractivity contribution in [2.75, 3.05) is 5.88 Å². The molecule has 3 rings (SSSR count). The van der Waals surface area contributed by atoms with E-state index in [2.05, 4.69) is 15.0 Å². The van der Waals surface area contributed by atoms with E-state index in [1.54, 1.807) is 0 Å². The number of fused-ring (bicyclic) bond motifs is 1. The van der Waals surface area contributed by atoms with E-state index in [4.69, 9.17) is 16.3 Å². The number of aromatic nitrogens is 4. The zero-order chi connectivity index (χ0) is 13.6. The highest BCUT2D eigenvalue weighted by atomic mass is 35.5. The third-order valence-corrected chi connectivity index (χ3v) is 3.41. The highest BCUT2D eigenvalue weighted by molar-refractivity contribution is 6.18. The number of nitrogens with zero attached hydrogens (tertiary/aromatic N) is 4. The van der Waals surface area contributed by atoms with Gasteiger partial charge in [0.25, 0.3) is 0 Å². The molecule has 1 fully saturated rings. The van der Waals surface area contributed by atoms with Gasteiger partial charge in [0.15, 0.2) is 17.4 Å². The van der Waals surface area contributed by atoms with Crippen molar-refractivity contribution < 1.29 is 20.1 Å². The largest absolute Gasteiger partial charge is 0.492 e. The number of hydrogen-bond acceptors (Lipinski definition) is 7. The van der Waals surface area contributed by atoms with Gasteiger partial charge in [0.1, 0.15) is 24.6 Å². The number of aliphatic hydroxyl groups excluding tert-OH is 2. The minimum atomic E-state index is -1.15. The van der Waals surface area contributed by atoms with Crippen LogP contribution in [0.2, 0.25) is 0 Å². The summed E-state index contributed by atoms with van der Waals surface area (Å²) in [5, 5.41) is 29.3. The Labute approximate surface area is 112 Å². The molecule has 0 amide bonds. The van der Waals surface area contributed by atoms with Crippen LogP contribution >= 0.6 is 11.6 Å². The molecule has 0 saturated carbocycles. The molecule has 2 unspecified atom stereocenters. The van der Waals surface area contributed by atoms with E-state index >= 15 is 0 Å². The van der Waals surface area contributed by atoms with Crippen molar-refractivity contribution in [3.63, 3.8) is 0 Å². The second kappa shape index (κ2) is 4.57. The van der Waals surface area contributed by atoms with Crippen LogP contribution in [0, 0.1) is 0 Å². The molecular formula is C10H11ClN4O4. The maximum atomic E-state index is 9.97. The number of halogens is 1. The summed E-state index contributed by atoms with van der Waals surface area (Å²) < 4.78 is 6.90. The van der Waals surface area contributed by atoms with Crippen LogP contribution in [-0.2, 0) is 4.74 Å². The van der Waals surface area contributed by atoms with Gasteiger partial charge in [0.05, 0.1) is 12.2 Å². The molecule has 9 heteroatoms. The number of alkyl halides is 1. The van der Waals surface area contributed by atoms with E-state index in [9.17, 15) is 15.3 Å². The Morgan fingerprint density at radius 2 is 2.05 bits per heavy atom. The normalized spacial score (nSPS) is 31.1. The molecule has 0 aromatic carbocycles. The molecule has 2 aromatic heterocycles. The lowest BCUT2D eigenvalue weighted by atomic mass is 10.1. The molecule has 1 saturated heterocycles. The van der Waals surface area contributed by atoms with E-state index in [0.717, 1.165) is 0 Å². The third-order valence-electron chi connectivity index (χ3n) is 3.10. The van der Waals surface area contributed by atoms with Crippen molar-refractivity contribution >= 4 is 22.8 Å². The van der Waals surface area contributed by atoms with Crippen molar-refractivity contribution in [1.82, 2.24) is 19.5 Å². The lowest BCUT2D eigenvalue weighted by molar-refractivity contribution is -0.0291. The Morgan fingerprint density at radius 1 is 1.26 bits per heavy atom. The van der Waals surface area contributed by atoms with E-state index in [1.807, 2.05) is 0 Å². The Morgan fingerprint density at radius 3 is 2.74 bits per heavy atom. The molecule has 3 heterocycles. The first-order valence-corrected chi connectivity index (χ1v) is 6.11. The fourth-order valence-electron chi connectivity index (χ4n) is 2.11. The van der Waals surface area contributed by atoms with Gasteiger partial charge < -0.3 is 20.1 Å². The summed E-state index contributed by atoms with van der Waals surface area (Å²) >= 11 is 5.65. The van der Waals surface area contributed by atoms with E-state index < -0.39 is 24.5 Å². The van der Waals surface area contributed by atoms with E-state index in [-0.39, 0.29) is 17.3 Å². The standard InChI is InChI=1S/C10H11ClN4O4/c11-1-4-6(16)7(17)10(19-4)15-3-14-5-8(15)12-2-13-9(5)18/h2-4,6-7,10,16-17H,1H2,(H,12,13,18)/t4-,6?,7?,10-/m1/s1. The van der Waals surface area contributed by atoms with Gasteiger partial charge in [-0.25, -0.2) is 9.97 Å². The van der Waals surface area contributed by atoms with Crippen molar-refractivity contribution in [2.45, 2.75) is 24.5 Å².